The van der Waals surface area contributed by atoms with E-state index in [0.29, 0.717) is 25.2 Å². The molecule has 1 atom stereocenters. The van der Waals surface area contributed by atoms with Crippen LogP contribution in [0.3, 0.4) is 0 Å². The second-order valence-electron chi connectivity index (χ2n) is 6.86. The van der Waals surface area contributed by atoms with Gasteiger partial charge >= 0.3 is 12.2 Å². The number of nitrogens with one attached hydrogen (secondary N) is 2. The molecule has 0 spiro atoms. The van der Waals surface area contributed by atoms with Crippen LogP contribution in [-0.4, -0.2) is 53.8 Å². The zero-order valence-electron chi connectivity index (χ0n) is 15.4. The van der Waals surface area contributed by atoms with Crippen molar-refractivity contribution in [2.75, 3.05) is 34.8 Å². The number of hydrogen-bond acceptors (Lipinski definition) is 5. The van der Waals surface area contributed by atoms with E-state index in [1.165, 1.54) is 29.3 Å². The summed E-state index contributed by atoms with van der Waals surface area (Å²) in [5, 5.41) is 4.15. The van der Waals surface area contributed by atoms with Crippen LogP contribution in [0.15, 0.2) is 30.5 Å². The smallest absolute Gasteiger partial charge is 0.366 e. The summed E-state index contributed by atoms with van der Waals surface area (Å²) >= 11 is 0. The predicted molar refractivity (Wildman–Crippen MR) is 98.9 cm³/mol. The van der Waals surface area contributed by atoms with Gasteiger partial charge < -0.3 is 10.2 Å². The zero-order valence-corrected chi connectivity index (χ0v) is 15.4. The summed E-state index contributed by atoms with van der Waals surface area (Å²) in [5.74, 6) is -1.87. The average molecular weight is 424 g/mol. The quantitative estimate of drug-likeness (QED) is 0.740. The lowest BCUT2D eigenvalue weighted by atomic mass is 10.1. The number of alkyl halides is 3. The second kappa shape index (κ2) is 7.43. The van der Waals surface area contributed by atoms with Gasteiger partial charge in [0.2, 0.25) is 0 Å². The SMILES string of the molecule is O=C(NCC(F)(F)F)c1ccc2c(n1)N(C(=O)Nc1ncccc1F)[C@H]1CCN2C1. The summed E-state index contributed by atoms with van der Waals surface area (Å²) < 4.78 is 51.0. The van der Waals surface area contributed by atoms with Crippen molar-refractivity contribution < 1.29 is 27.2 Å². The van der Waals surface area contributed by atoms with E-state index in [4.69, 9.17) is 0 Å². The van der Waals surface area contributed by atoms with E-state index in [1.807, 2.05) is 4.90 Å². The van der Waals surface area contributed by atoms with E-state index in [1.54, 1.807) is 5.32 Å². The van der Waals surface area contributed by atoms with Gasteiger partial charge in [0.1, 0.15) is 12.2 Å². The van der Waals surface area contributed by atoms with Gasteiger partial charge in [-0.2, -0.15) is 13.2 Å². The molecule has 158 valence electrons. The number of rotatable bonds is 3. The van der Waals surface area contributed by atoms with Gasteiger partial charge in [-0.05, 0) is 30.7 Å². The van der Waals surface area contributed by atoms with Crippen LogP contribution in [0.1, 0.15) is 16.9 Å². The lowest BCUT2D eigenvalue weighted by Gasteiger charge is -2.35. The first kappa shape index (κ1) is 19.9. The van der Waals surface area contributed by atoms with Gasteiger partial charge in [-0.25, -0.2) is 19.2 Å². The third-order valence-corrected chi connectivity index (χ3v) is 4.84. The number of aromatic nitrogens is 2. The Balaban J connectivity index is 1.63. The molecule has 4 rings (SSSR count). The summed E-state index contributed by atoms with van der Waals surface area (Å²) in [4.78, 5) is 36.2. The Labute approximate surface area is 167 Å². The fourth-order valence-corrected chi connectivity index (χ4v) is 3.51. The highest BCUT2D eigenvalue weighted by molar-refractivity contribution is 6.05. The van der Waals surface area contributed by atoms with Crippen LogP contribution in [0.25, 0.3) is 0 Å². The molecule has 0 radical (unpaired) electrons. The van der Waals surface area contributed by atoms with Crippen molar-refractivity contribution in [3.05, 3.63) is 42.0 Å². The van der Waals surface area contributed by atoms with Crippen LogP contribution in [0.4, 0.5) is 39.7 Å². The molecule has 2 N–H and O–H groups in total. The summed E-state index contributed by atoms with van der Waals surface area (Å²) in [6.45, 7) is -0.338. The fraction of sp³-hybridized carbons (Fsp3) is 0.333. The number of hydrogen-bond donors (Lipinski definition) is 2. The third kappa shape index (κ3) is 3.84. The topological polar surface area (TPSA) is 90.5 Å². The Hall–Kier alpha value is -3.44. The van der Waals surface area contributed by atoms with Crippen molar-refractivity contribution in [3.8, 4) is 0 Å². The maximum Gasteiger partial charge on any atom is 0.405 e. The monoisotopic (exact) mass is 424 g/mol. The molecular weight excluding hydrogens is 408 g/mol. The van der Waals surface area contributed by atoms with Gasteiger partial charge in [-0.3, -0.25) is 15.0 Å². The van der Waals surface area contributed by atoms with Crippen LogP contribution >= 0.6 is 0 Å². The number of fused-ring (bicyclic) bond motifs is 4. The predicted octanol–water partition coefficient (Wildman–Crippen LogP) is 2.54. The minimum atomic E-state index is -4.56. The molecule has 2 aliphatic heterocycles. The molecule has 2 aromatic rings. The maximum atomic E-state index is 13.9. The Bertz CT molecular complexity index is 999. The molecule has 2 aromatic heterocycles. The van der Waals surface area contributed by atoms with Gasteiger partial charge in [0, 0.05) is 19.3 Å². The van der Waals surface area contributed by atoms with Crippen molar-refractivity contribution >= 4 is 29.3 Å². The van der Waals surface area contributed by atoms with Crippen LogP contribution in [0.5, 0.6) is 0 Å². The Morgan fingerprint density at radius 3 is 2.77 bits per heavy atom. The van der Waals surface area contributed by atoms with E-state index in [2.05, 4.69) is 15.3 Å². The van der Waals surface area contributed by atoms with Crippen molar-refractivity contribution in [3.63, 3.8) is 0 Å². The van der Waals surface area contributed by atoms with E-state index in [0.717, 1.165) is 6.07 Å². The van der Waals surface area contributed by atoms with Gasteiger partial charge in [-0.1, -0.05) is 0 Å². The van der Waals surface area contributed by atoms with Crippen molar-refractivity contribution in [1.82, 2.24) is 15.3 Å². The molecule has 1 saturated heterocycles. The third-order valence-electron chi connectivity index (χ3n) is 4.84. The highest BCUT2D eigenvalue weighted by atomic mass is 19.4. The van der Waals surface area contributed by atoms with Crippen LogP contribution in [0, 0.1) is 5.82 Å². The van der Waals surface area contributed by atoms with Gasteiger partial charge in [0.15, 0.2) is 17.5 Å². The zero-order chi connectivity index (χ0) is 21.5. The largest absolute Gasteiger partial charge is 0.405 e. The molecule has 0 aliphatic carbocycles. The fourth-order valence-electron chi connectivity index (χ4n) is 3.51. The van der Waals surface area contributed by atoms with Crippen molar-refractivity contribution in [2.24, 2.45) is 0 Å². The molecule has 8 nitrogen and oxygen atoms in total. The molecule has 0 aromatic carbocycles. The summed E-state index contributed by atoms with van der Waals surface area (Å²) in [6, 6.07) is 4.38. The first-order valence-corrected chi connectivity index (χ1v) is 9.04. The molecule has 12 heteroatoms. The summed E-state index contributed by atoms with van der Waals surface area (Å²) in [6.07, 6.45) is -2.63. The number of urea groups is 1. The first-order valence-electron chi connectivity index (χ1n) is 9.04. The number of nitrogens with zero attached hydrogens (tertiary/aromatic N) is 4. The van der Waals surface area contributed by atoms with Gasteiger partial charge in [0.25, 0.3) is 5.91 Å². The molecule has 30 heavy (non-hydrogen) atoms. The maximum absolute atomic E-state index is 13.9. The number of pyridine rings is 2. The minimum Gasteiger partial charge on any atom is -0.366 e. The van der Waals surface area contributed by atoms with E-state index in [9.17, 15) is 27.2 Å². The van der Waals surface area contributed by atoms with E-state index >= 15 is 0 Å². The number of carbonyl (C=O) groups is 2. The first-order chi connectivity index (χ1) is 14.2. The average Bonchev–Trinajstić information content (AvgIpc) is 3.11. The molecule has 2 bridgehead atoms. The lowest BCUT2D eigenvalue weighted by Crippen LogP contribution is -2.48. The van der Waals surface area contributed by atoms with Crippen LogP contribution in [-0.2, 0) is 0 Å². The lowest BCUT2D eigenvalue weighted by molar-refractivity contribution is -0.123. The van der Waals surface area contributed by atoms with E-state index in [-0.39, 0.29) is 23.4 Å². The summed E-state index contributed by atoms with van der Waals surface area (Å²) in [7, 11) is 0. The summed E-state index contributed by atoms with van der Waals surface area (Å²) in [5.41, 5.74) is 0.301. The molecule has 0 unspecified atom stereocenters. The number of anilines is 3. The van der Waals surface area contributed by atoms with Crippen molar-refractivity contribution in [1.29, 1.82) is 0 Å². The molecule has 3 amide bonds. The Morgan fingerprint density at radius 2 is 2.03 bits per heavy atom. The van der Waals surface area contributed by atoms with Gasteiger partial charge in [-0.15, -0.1) is 0 Å². The molecule has 2 aliphatic rings. The minimum absolute atomic E-state index is 0.122. The molecule has 0 saturated carbocycles. The Morgan fingerprint density at radius 1 is 1.23 bits per heavy atom. The molecule has 4 heterocycles. The normalized spacial score (nSPS) is 17.5. The van der Waals surface area contributed by atoms with Crippen molar-refractivity contribution in [2.45, 2.75) is 18.6 Å². The van der Waals surface area contributed by atoms with Crippen LogP contribution in [0.2, 0.25) is 0 Å². The number of carbonyl (C=O) groups excluding carboxylic acids is 2. The highest BCUT2D eigenvalue weighted by Gasteiger charge is 2.41. The number of amides is 3. The molecular formula is C18H16F4N6O2. The van der Waals surface area contributed by atoms with Crippen LogP contribution < -0.4 is 20.4 Å². The highest BCUT2D eigenvalue weighted by Crippen LogP contribution is 2.39. The van der Waals surface area contributed by atoms with Gasteiger partial charge in [0.05, 0.1) is 11.7 Å². The second-order valence-corrected chi connectivity index (χ2v) is 6.86. The van der Waals surface area contributed by atoms with E-state index < -0.39 is 30.5 Å². The number of halogens is 4. The Kier molecular flexibility index (Phi) is 4.92. The molecule has 1 fully saturated rings. The standard InChI is InChI=1S/C18H16F4N6O2/c19-11-2-1-6-23-14(11)26-17(30)28-10-5-7-27(8-10)13-4-3-12(25-15(13)28)16(29)24-9-18(20,21)22/h1-4,6,10H,5,7-9H2,(H,24,29)(H,23,26,30)/t10-/m0/s1.